The van der Waals surface area contributed by atoms with E-state index in [2.05, 4.69) is 29.7 Å². The topological polar surface area (TPSA) is 72.0 Å². The van der Waals surface area contributed by atoms with Crippen LogP contribution in [0.15, 0.2) is 23.2 Å². The van der Waals surface area contributed by atoms with Crippen LogP contribution in [0.25, 0.3) is 0 Å². The van der Waals surface area contributed by atoms with Crippen LogP contribution in [0.2, 0.25) is 0 Å². The van der Waals surface area contributed by atoms with Crippen molar-refractivity contribution in [1.82, 2.24) is 10.6 Å². The zero-order valence-corrected chi connectivity index (χ0v) is 19.9. The van der Waals surface area contributed by atoms with Gasteiger partial charge in [-0.25, -0.2) is 0 Å². The van der Waals surface area contributed by atoms with Gasteiger partial charge in [-0.1, -0.05) is 19.4 Å². The minimum atomic E-state index is -0.713. The summed E-state index contributed by atoms with van der Waals surface area (Å²) in [5, 5.41) is 7.23. The lowest BCUT2D eigenvalue weighted by Gasteiger charge is -2.30. The lowest BCUT2D eigenvalue weighted by Crippen LogP contribution is -2.46. The highest BCUT2D eigenvalue weighted by molar-refractivity contribution is 7.85. The molecule has 1 aliphatic carbocycles. The van der Waals surface area contributed by atoms with E-state index in [4.69, 9.17) is 14.5 Å². The van der Waals surface area contributed by atoms with Crippen LogP contribution in [0.4, 0.5) is 0 Å². The van der Waals surface area contributed by atoms with Gasteiger partial charge >= 0.3 is 0 Å². The Labute approximate surface area is 184 Å². The molecule has 0 amide bonds. The fraction of sp³-hybridized carbons (Fsp3) is 0.696. The van der Waals surface area contributed by atoms with E-state index >= 15 is 0 Å². The van der Waals surface area contributed by atoms with Crippen molar-refractivity contribution in [2.24, 2.45) is 4.99 Å². The van der Waals surface area contributed by atoms with Gasteiger partial charge in [0, 0.05) is 40.9 Å². The number of hydrogen-bond acceptors (Lipinski definition) is 4. The van der Waals surface area contributed by atoms with Crippen LogP contribution in [-0.2, 0) is 17.2 Å². The molecule has 3 atom stereocenters. The molecule has 0 heterocycles. The monoisotopic (exact) mass is 437 g/mol. The first-order valence-electron chi connectivity index (χ1n) is 11.4. The van der Waals surface area contributed by atoms with Gasteiger partial charge in [0.25, 0.3) is 0 Å². The molecule has 1 aromatic rings. The molecule has 3 unspecified atom stereocenters. The molecule has 170 valence electrons. The molecule has 0 aliphatic heterocycles. The SMILES string of the molecule is CCNC(=NCCc1ccc(OCC)c(OCC)c1)NC1CCCC(S(=O)CC)C1. The summed E-state index contributed by atoms with van der Waals surface area (Å²) >= 11 is 0. The van der Waals surface area contributed by atoms with E-state index in [1.165, 1.54) is 5.56 Å². The van der Waals surface area contributed by atoms with Crippen LogP contribution < -0.4 is 20.1 Å². The third-order valence-corrected chi connectivity index (χ3v) is 6.99. The van der Waals surface area contributed by atoms with Crippen molar-refractivity contribution in [2.45, 2.75) is 71.1 Å². The first kappa shape index (κ1) is 24.5. The molecule has 2 N–H and O–H groups in total. The number of nitrogens with one attached hydrogen (secondary N) is 2. The summed E-state index contributed by atoms with van der Waals surface area (Å²) in [6, 6.07) is 6.45. The average molecular weight is 438 g/mol. The van der Waals surface area contributed by atoms with E-state index in [1.807, 2.05) is 26.8 Å². The number of aliphatic imine (C=N–C) groups is 1. The second kappa shape index (κ2) is 13.5. The largest absolute Gasteiger partial charge is 0.490 e. The van der Waals surface area contributed by atoms with Crippen LogP contribution >= 0.6 is 0 Å². The quantitative estimate of drug-likeness (QED) is 0.408. The van der Waals surface area contributed by atoms with Gasteiger partial charge < -0.3 is 20.1 Å². The first-order valence-corrected chi connectivity index (χ1v) is 12.8. The highest BCUT2D eigenvalue weighted by Crippen LogP contribution is 2.28. The van der Waals surface area contributed by atoms with Gasteiger partial charge in [0.15, 0.2) is 17.5 Å². The predicted molar refractivity (Wildman–Crippen MR) is 126 cm³/mol. The summed E-state index contributed by atoms with van der Waals surface area (Å²) in [6.07, 6.45) is 5.10. The molecule has 0 saturated heterocycles. The number of benzene rings is 1. The van der Waals surface area contributed by atoms with E-state index in [0.717, 1.165) is 61.9 Å². The second-order valence-electron chi connectivity index (χ2n) is 7.46. The van der Waals surface area contributed by atoms with Crippen molar-refractivity contribution in [3.05, 3.63) is 23.8 Å². The second-order valence-corrected chi connectivity index (χ2v) is 9.46. The van der Waals surface area contributed by atoms with Crippen molar-refractivity contribution in [1.29, 1.82) is 0 Å². The molecule has 1 saturated carbocycles. The lowest BCUT2D eigenvalue weighted by atomic mass is 9.95. The van der Waals surface area contributed by atoms with E-state index < -0.39 is 10.8 Å². The zero-order valence-electron chi connectivity index (χ0n) is 19.0. The molecule has 2 rings (SSSR count). The summed E-state index contributed by atoms with van der Waals surface area (Å²) in [7, 11) is -0.713. The van der Waals surface area contributed by atoms with Gasteiger partial charge in [-0.15, -0.1) is 0 Å². The highest BCUT2D eigenvalue weighted by Gasteiger charge is 2.26. The van der Waals surface area contributed by atoms with Crippen molar-refractivity contribution < 1.29 is 13.7 Å². The predicted octanol–water partition coefficient (Wildman–Crippen LogP) is 3.66. The highest BCUT2D eigenvalue weighted by atomic mass is 32.2. The number of guanidine groups is 1. The molecule has 0 radical (unpaired) electrons. The molecule has 0 bridgehead atoms. The normalized spacial score (nSPS) is 20.5. The maximum Gasteiger partial charge on any atom is 0.191 e. The van der Waals surface area contributed by atoms with E-state index in [9.17, 15) is 4.21 Å². The van der Waals surface area contributed by atoms with E-state index in [-0.39, 0.29) is 0 Å². The zero-order chi connectivity index (χ0) is 21.8. The fourth-order valence-corrected chi connectivity index (χ4v) is 5.16. The summed E-state index contributed by atoms with van der Waals surface area (Å²) in [5.74, 6) is 3.18. The molecule has 1 aromatic carbocycles. The Morgan fingerprint density at radius 1 is 1.13 bits per heavy atom. The van der Waals surface area contributed by atoms with Crippen LogP contribution in [0, 0.1) is 0 Å². The van der Waals surface area contributed by atoms with Crippen molar-refractivity contribution in [3.63, 3.8) is 0 Å². The lowest BCUT2D eigenvalue weighted by molar-refractivity contribution is 0.287. The minimum Gasteiger partial charge on any atom is -0.490 e. The molecular weight excluding hydrogens is 398 g/mol. The van der Waals surface area contributed by atoms with Crippen molar-refractivity contribution in [3.8, 4) is 11.5 Å². The summed E-state index contributed by atoms with van der Waals surface area (Å²) in [4.78, 5) is 4.77. The van der Waals surface area contributed by atoms with Crippen molar-refractivity contribution in [2.75, 3.05) is 32.1 Å². The Morgan fingerprint density at radius 3 is 2.60 bits per heavy atom. The summed E-state index contributed by atoms with van der Waals surface area (Å²) < 4.78 is 23.6. The van der Waals surface area contributed by atoms with Gasteiger partial charge in [0.2, 0.25) is 0 Å². The Hall–Kier alpha value is -1.76. The third-order valence-electron chi connectivity index (χ3n) is 5.25. The van der Waals surface area contributed by atoms with Crippen LogP contribution in [0.5, 0.6) is 11.5 Å². The Kier molecular flexibility index (Phi) is 11.0. The number of nitrogens with zero attached hydrogens (tertiary/aromatic N) is 1. The van der Waals surface area contributed by atoms with Crippen molar-refractivity contribution >= 4 is 16.8 Å². The smallest absolute Gasteiger partial charge is 0.191 e. The number of hydrogen-bond donors (Lipinski definition) is 2. The van der Waals surface area contributed by atoms with E-state index in [1.54, 1.807) is 0 Å². The molecular formula is C23H39N3O3S. The Bertz CT molecular complexity index is 696. The molecule has 0 aromatic heterocycles. The maximum atomic E-state index is 12.2. The van der Waals surface area contributed by atoms with Crippen LogP contribution in [-0.4, -0.2) is 53.5 Å². The van der Waals surface area contributed by atoms with Gasteiger partial charge in [-0.2, -0.15) is 0 Å². The van der Waals surface area contributed by atoms with Crippen LogP contribution in [0.3, 0.4) is 0 Å². The number of ether oxygens (including phenoxy) is 2. The summed E-state index contributed by atoms with van der Waals surface area (Å²) in [5.41, 5.74) is 1.18. The van der Waals surface area contributed by atoms with Gasteiger partial charge in [0.05, 0.1) is 13.2 Å². The molecule has 0 spiro atoms. The Balaban J connectivity index is 1.96. The molecule has 1 aliphatic rings. The minimum absolute atomic E-state index is 0.310. The summed E-state index contributed by atoms with van der Waals surface area (Å²) in [6.45, 7) is 10.8. The standard InChI is InChI=1S/C23H39N3O3S/c1-5-24-23(26-19-10-9-11-20(17-19)30(27)8-4)25-15-14-18-12-13-21(28-6-2)22(16-18)29-7-3/h12-13,16,19-20H,5-11,14-15,17H2,1-4H3,(H2,24,25,26). The molecule has 30 heavy (non-hydrogen) atoms. The van der Waals surface area contributed by atoms with E-state index in [0.29, 0.717) is 31.1 Å². The Morgan fingerprint density at radius 2 is 1.90 bits per heavy atom. The number of rotatable bonds is 11. The fourth-order valence-electron chi connectivity index (χ4n) is 3.81. The molecule has 6 nitrogen and oxygen atoms in total. The van der Waals surface area contributed by atoms with Crippen LogP contribution in [0.1, 0.15) is 58.9 Å². The molecule has 1 fully saturated rings. The van der Waals surface area contributed by atoms with Gasteiger partial charge in [-0.3, -0.25) is 9.20 Å². The van der Waals surface area contributed by atoms with Gasteiger partial charge in [0.1, 0.15) is 0 Å². The maximum absolute atomic E-state index is 12.2. The molecule has 7 heteroatoms. The average Bonchev–Trinajstić information content (AvgIpc) is 2.75. The first-order chi connectivity index (χ1) is 14.6. The third kappa shape index (κ3) is 7.82. The van der Waals surface area contributed by atoms with Gasteiger partial charge in [-0.05, 0) is 64.2 Å².